The van der Waals surface area contributed by atoms with Crippen LogP contribution < -0.4 is 5.32 Å². The summed E-state index contributed by atoms with van der Waals surface area (Å²) in [5, 5.41) is 22.1. The van der Waals surface area contributed by atoms with Crippen molar-refractivity contribution >= 4 is 29.0 Å². The van der Waals surface area contributed by atoms with Crippen molar-refractivity contribution in [3.63, 3.8) is 0 Å². The van der Waals surface area contributed by atoms with E-state index in [1.54, 1.807) is 42.8 Å². The van der Waals surface area contributed by atoms with Crippen LogP contribution in [0.4, 0.5) is 15.8 Å². The van der Waals surface area contributed by atoms with Crippen molar-refractivity contribution in [1.82, 2.24) is 14.8 Å². The number of thioether (sulfide) groups is 1. The van der Waals surface area contributed by atoms with Crippen molar-refractivity contribution < 1.29 is 14.1 Å². The highest BCUT2D eigenvalue weighted by atomic mass is 32.2. The first-order chi connectivity index (χ1) is 13.4. The van der Waals surface area contributed by atoms with Crippen LogP contribution in [0.2, 0.25) is 0 Å². The van der Waals surface area contributed by atoms with E-state index in [0.717, 1.165) is 11.8 Å². The van der Waals surface area contributed by atoms with Gasteiger partial charge in [0.2, 0.25) is 5.91 Å². The van der Waals surface area contributed by atoms with E-state index in [2.05, 4.69) is 15.5 Å². The molecule has 1 aromatic heterocycles. The molecule has 8 nitrogen and oxygen atoms in total. The molecule has 0 aliphatic rings. The maximum atomic E-state index is 13.9. The molecule has 10 heteroatoms. The number of nitrogens with zero attached hydrogens (tertiary/aromatic N) is 4. The van der Waals surface area contributed by atoms with Gasteiger partial charge in [0.1, 0.15) is 5.82 Å². The molecule has 0 aliphatic heterocycles. The number of halogens is 1. The number of carbonyl (C=O) groups excluding carboxylic acids is 1. The molecule has 0 fully saturated rings. The lowest BCUT2D eigenvalue weighted by molar-refractivity contribution is -0.385. The Hall–Kier alpha value is -3.27. The van der Waals surface area contributed by atoms with Crippen molar-refractivity contribution in [2.24, 2.45) is 7.05 Å². The van der Waals surface area contributed by atoms with Crippen LogP contribution in [0, 0.1) is 22.9 Å². The SMILES string of the molecule is Cc1c(NC(=O)CSc2nnc(-c3ccccc3F)n2C)cccc1[N+](=O)[O-]. The number of nitrogens with one attached hydrogen (secondary N) is 1. The Kier molecular flexibility index (Phi) is 5.69. The van der Waals surface area contributed by atoms with Gasteiger partial charge in [-0.1, -0.05) is 30.0 Å². The van der Waals surface area contributed by atoms with Gasteiger partial charge < -0.3 is 9.88 Å². The fraction of sp³-hybridized carbons (Fsp3) is 0.167. The van der Waals surface area contributed by atoms with Gasteiger partial charge in [0, 0.05) is 13.1 Å². The first kappa shape index (κ1) is 19.5. The summed E-state index contributed by atoms with van der Waals surface area (Å²) in [5.41, 5.74) is 1.02. The summed E-state index contributed by atoms with van der Waals surface area (Å²) in [7, 11) is 1.69. The highest BCUT2D eigenvalue weighted by Gasteiger charge is 2.17. The van der Waals surface area contributed by atoms with Crippen LogP contribution in [-0.2, 0) is 11.8 Å². The lowest BCUT2D eigenvalue weighted by atomic mass is 10.1. The molecule has 144 valence electrons. The molecule has 0 saturated heterocycles. The summed E-state index contributed by atoms with van der Waals surface area (Å²) in [4.78, 5) is 22.7. The van der Waals surface area contributed by atoms with E-state index in [-0.39, 0.29) is 17.3 Å². The summed E-state index contributed by atoms with van der Waals surface area (Å²) in [6.07, 6.45) is 0. The van der Waals surface area contributed by atoms with Gasteiger partial charge in [-0.15, -0.1) is 10.2 Å². The van der Waals surface area contributed by atoms with Crippen molar-refractivity contribution in [2.75, 3.05) is 11.1 Å². The molecule has 0 spiro atoms. The first-order valence-corrected chi connectivity index (χ1v) is 9.18. The van der Waals surface area contributed by atoms with E-state index in [4.69, 9.17) is 0 Å². The molecule has 3 aromatic rings. The zero-order valence-corrected chi connectivity index (χ0v) is 15.9. The number of rotatable bonds is 6. The predicted octanol–water partition coefficient (Wildman–Crippen LogP) is 3.57. The molecule has 1 N–H and O–H groups in total. The topological polar surface area (TPSA) is 103 Å². The third kappa shape index (κ3) is 4.01. The third-order valence-corrected chi connectivity index (χ3v) is 5.08. The standard InChI is InChI=1S/C18H16FN5O3S/c1-11-14(8-5-9-15(11)24(26)27)20-16(25)10-28-18-22-21-17(23(18)2)12-6-3-4-7-13(12)19/h3-9H,10H2,1-2H3,(H,20,25). The van der Waals surface area contributed by atoms with Gasteiger partial charge in [0.25, 0.3) is 5.69 Å². The minimum atomic E-state index is -0.496. The number of carbonyl (C=O) groups is 1. The summed E-state index contributed by atoms with van der Waals surface area (Å²) in [6.45, 7) is 1.57. The van der Waals surface area contributed by atoms with E-state index in [0.29, 0.717) is 27.8 Å². The molecule has 0 saturated carbocycles. The summed E-state index contributed by atoms with van der Waals surface area (Å²) in [5.74, 6) is -0.376. The minimum Gasteiger partial charge on any atom is -0.325 e. The van der Waals surface area contributed by atoms with Gasteiger partial charge in [-0.25, -0.2) is 4.39 Å². The van der Waals surface area contributed by atoms with Crippen LogP contribution in [-0.4, -0.2) is 31.3 Å². The molecule has 28 heavy (non-hydrogen) atoms. The number of anilines is 1. The predicted molar refractivity (Wildman–Crippen MR) is 104 cm³/mol. The lowest BCUT2D eigenvalue weighted by Crippen LogP contribution is -2.15. The van der Waals surface area contributed by atoms with Gasteiger partial charge in [-0.05, 0) is 25.1 Å². The molecular weight excluding hydrogens is 385 g/mol. The van der Waals surface area contributed by atoms with Crippen molar-refractivity contribution in [2.45, 2.75) is 12.1 Å². The maximum Gasteiger partial charge on any atom is 0.274 e. The van der Waals surface area contributed by atoms with Crippen molar-refractivity contribution in [3.8, 4) is 11.4 Å². The molecule has 2 aromatic carbocycles. The smallest absolute Gasteiger partial charge is 0.274 e. The molecule has 0 radical (unpaired) electrons. The van der Waals surface area contributed by atoms with Gasteiger partial charge in [0.15, 0.2) is 11.0 Å². The Labute approximate surface area is 163 Å². The van der Waals surface area contributed by atoms with Crippen LogP contribution in [0.3, 0.4) is 0 Å². The van der Waals surface area contributed by atoms with E-state index >= 15 is 0 Å². The second-order valence-electron chi connectivity index (χ2n) is 5.89. The summed E-state index contributed by atoms with van der Waals surface area (Å²) < 4.78 is 15.6. The van der Waals surface area contributed by atoms with E-state index in [9.17, 15) is 19.3 Å². The van der Waals surface area contributed by atoms with Gasteiger partial charge >= 0.3 is 0 Å². The number of nitro benzene ring substituents is 1. The quantitative estimate of drug-likeness (QED) is 0.385. The fourth-order valence-corrected chi connectivity index (χ4v) is 3.30. The minimum absolute atomic E-state index is 0.0192. The average Bonchev–Trinajstić information content (AvgIpc) is 3.02. The molecule has 3 rings (SSSR count). The van der Waals surface area contributed by atoms with Gasteiger partial charge in [-0.2, -0.15) is 0 Å². The third-order valence-electron chi connectivity index (χ3n) is 4.06. The van der Waals surface area contributed by atoms with Crippen molar-refractivity contribution in [1.29, 1.82) is 0 Å². The molecule has 1 heterocycles. The summed E-state index contributed by atoms with van der Waals surface area (Å²) >= 11 is 1.13. The van der Waals surface area contributed by atoms with Crippen LogP contribution in [0.5, 0.6) is 0 Å². The van der Waals surface area contributed by atoms with Crippen LogP contribution in [0.1, 0.15) is 5.56 Å². The van der Waals surface area contributed by atoms with E-state index < -0.39 is 10.7 Å². The van der Waals surface area contributed by atoms with Gasteiger partial charge in [0.05, 0.1) is 27.5 Å². The van der Waals surface area contributed by atoms with Crippen molar-refractivity contribution in [3.05, 3.63) is 64.0 Å². The molecule has 1 amide bonds. The van der Waals surface area contributed by atoms with Crippen LogP contribution in [0.15, 0.2) is 47.6 Å². The number of nitro groups is 1. The summed E-state index contributed by atoms with van der Waals surface area (Å²) in [6, 6.07) is 10.7. The van der Waals surface area contributed by atoms with E-state index in [1.807, 2.05) is 0 Å². The van der Waals surface area contributed by atoms with Crippen LogP contribution >= 0.6 is 11.8 Å². The molecule has 0 bridgehead atoms. The normalized spacial score (nSPS) is 10.7. The Morgan fingerprint density at radius 3 is 2.71 bits per heavy atom. The average molecular weight is 401 g/mol. The molecular formula is C18H16FN5O3S. The first-order valence-electron chi connectivity index (χ1n) is 8.19. The number of benzene rings is 2. The Balaban J connectivity index is 1.69. The second kappa shape index (κ2) is 8.17. The molecule has 0 atom stereocenters. The number of hydrogen-bond donors (Lipinski definition) is 1. The Morgan fingerprint density at radius 2 is 2.00 bits per heavy atom. The zero-order chi connectivity index (χ0) is 20.3. The Bertz CT molecular complexity index is 1050. The lowest BCUT2D eigenvalue weighted by Gasteiger charge is -2.08. The highest BCUT2D eigenvalue weighted by molar-refractivity contribution is 7.99. The maximum absolute atomic E-state index is 13.9. The number of hydrogen-bond acceptors (Lipinski definition) is 6. The molecule has 0 aliphatic carbocycles. The fourth-order valence-electron chi connectivity index (χ4n) is 2.59. The monoisotopic (exact) mass is 401 g/mol. The van der Waals surface area contributed by atoms with Crippen LogP contribution in [0.25, 0.3) is 11.4 Å². The largest absolute Gasteiger partial charge is 0.325 e. The highest BCUT2D eigenvalue weighted by Crippen LogP contribution is 2.27. The Morgan fingerprint density at radius 1 is 1.25 bits per heavy atom. The second-order valence-corrected chi connectivity index (χ2v) is 6.83. The molecule has 0 unspecified atom stereocenters. The number of aromatic nitrogens is 3. The van der Waals surface area contributed by atoms with E-state index in [1.165, 1.54) is 18.2 Å². The van der Waals surface area contributed by atoms with Gasteiger partial charge in [-0.3, -0.25) is 14.9 Å². The zero-order valence-electron chi connectivity index (χ0n) is 15.0. The number of amides is 1.